The Balaban J connectivity index is 1.38. The molecular formula is C27H27ClN4O2S. The molecule has 1 heterocycles. The Kier molecular flexibility index (Phi) is 8.13. The predicted octanol–water partition coefficient (Wildman–Crippen LogP) is 5.01. The van der Waals surface area contributed by atoms with Crippen LogP contribution in [0.4, 0.5) is 0 Å². The van der Waals surface area contributed by atoms with E-state index in [1.807, 2.05) is 30.3 Å². The number of hydrogen-bond donors (Lipinski definition) is 2. The smallest absolute Gasteiger partial charge is 0.262 e. The number of nitrogens with zero attached hydrogens (tertiary/aromatic N) is 2. The maximum Gasteiger partial charge on any atom is 0.262 e. The fourth-order valence-corrected chi connectivity index (χ4v) is 4.32. The number of benzene rings is 3. The molecule has 180 valence electrons. The van der Waals surface area contributed by atoms with E-state index in [-0.39, 0.29) is 11.5 Å². The number of aromatic amines is 1. The number of carbonyl (C=O) groups is 1. The van der Waals surface area contributed by atoms with E-state index in [9.17, 15) is 9.59 Å². The molecular weight excluding hydrogens is 480 g/mol. The highest BCUT2D eigenvalue weighted by molar-refractivity contribution is 7.71. The van der Waals surface area contributed by atoms with Crippen molar-refractivity contribution in [1.29, 1.82) is 0 Å². The molecule has 0 aliphatic heterocycles. The summed E-state index contributed by atoms with van der Waals surface area (Å²) in [6.45, 7) is 2.64. The quantitative estimate of drug-likeness (QED) is 0.247. The van der Waals surface area contributed by atoms with Crippen molar-refractivity contribution in [2.75, 3.05) is 20.1 Å². The average molecular weight is 507 g/mol. The molecule has 3 aromatic carbocycles. The lowest BCUT2D eigenvalue weighted by molar-refractivity contribution is 0.0952. The summed E-state index contributed by atoms with van der Waals surface area (Å²) in [7, 11) is 2.07. The van der Waals surface area contributed by atoms with Crippen LogP contribution >= 0.6 is 23.8 Å². The van der Waals surface area contributed by atoms with E-state index in [0.29, 0.717) is 39.3 Å². The fourth-order valence-electron chi connectivity index (χ4n) is 3.94. The molecule has 4 rings (SSSR count). The summed E-state index contributed by atoms with van der Waals surface area (Å²) in [4.78, 5) is 31.0. The minimum absolute atomic E-state index is 0.178. The number of hydrogen-bond acceptors (Lipinski definition) is 4. The normalized spacial score (nSPS) is 11.2. The molecule has 2 N–H and O–H groups in total. The van der Waals surface area contributed by atoms with E-state index in [1.165, 1.54) is 10.1 Å². The lowest BCUT2D eigenvalue weighted by Gasteiger charge is -2.16. The highest BCUT2D eigenvalue weighted by atomic mass is 35.5. The zero-order valence-corrected chi connectivity index (χ0v) is 21.0. The lowest BCUT2D eigenvalue weighted by Crippen LogP contribution is -2.28. The van der Waals surface area contributed by atoms with Gasteiger partial charge in [-0.05, 0) is 73.7 Å². The molecule has 4 aromatic rings. The molecule has 0 fully saturated rings. The zero-order chi connectivity index (χ0) is 24.8. The first-order valence-corrected chi connectivity index (χ1v) is 12.2. The molecule has 0 saturated carbocycles. The van der Waals surface area contributed by atoms with E-state index in [1.54, 1.807) is 30.3 Å². The lowest BCUT2D eigenvalue weighted by atomic mass is 10.1. The van der Waals surface area contributed by atoms with Crippen LogP contribution in [0.3, 0.4) is 0 Å². The number of halogens is 1. The van der Waals surface area contributed by atoms with Crippen LogP contribution in [-0.4, -0.2) is 40.5 Å². The van der Waals surface area contributed by atoms with Crippen LogP contribution in [-0.2, 0) is 13.1 Å². The van der Waals surface area contributed by atoms with Crippen molar-refractivity contribution in [1.82, 2.24) is 19.8 Å². The third kappa shape index (κ3) is 6.45. The summed E-state index contributed by atoms with van der Waals surface area (Å²) in [6, 6.07) is 22.6. The van der Waals surface area contributed by atoms with Crippen LogP contribution in [0.25, 0.3) is 10.9 Å². The molecule has 6 nitrogen and oxygen atoms in total. The van der Waals surface area contributed by atoms with Gasteiger partial charge in [0, 0.05) is 23.7 Å². The highest BCUT2D eigenvalue weighted by Crippen LogP contribution is 2.13. The number of nitrogens with one attached hydrogen (secondary N) is 2. The largest absolute Gasteiger partial charge is 0.352 e. The van der Waals surface area contributed by atoms with Gasteiger partial charge >= 0.3 is 0 Å². The molecule has 1 amide bonds. The third-order valence-corrected chi connectivity index (χ3v) is 6.37. The van der Waals surface area contributed by atoms with Crippen LogP contribution in [0.1, 0.15) is 27.9 Å². The second kappa shape index (κ2) is 11.4. The topological polar surface area (TPSA) is 70.1 Å². The summed E-state index contributed by atoms with van der Waals surface area (Å²) in [5.74, 6) is -0.178. The van der Waals surface area contributed by atoms with Crippen molar-refractivity contribution in [3.8, 4) is 0 Å². The van der Waals surface area contributed by atoms with Crippen molar-refractivity contribution >= 4 is 40.6 Å². The number of amides is 1. The predicted molar refractivity (Wildman–Crippen MR) is 144 cm³/mol. The Labute approximate surface area is 214 Å². The van der Waals surface area contributed by atoms with Crippen LogP contribution < -0.4 is 10.9 Å². The maximum atomic E-state index is 13.1. The van der Waals surface area contributed by atoms with Gasteiger partial charge in [0.1, 0.15) is 0 Å². The van der Waals surface area contributed by atoms with Crippen molar-refractivity contribution < 1.29 is 4.79 Å². The summed E-state index contributed by atoms with van der Waals surface area (Å²) in [5, 5.41) is 4.07. The Bertz CT molecular complexity index is 1430. The zero-order valence-electron chi connectivity index (χ0n) is 19.5. The van der Waals surface area contributed by atoms with Gasteiger partial charge < -0.3 is 15.2 Å². The van der Waals surface area contributed by atoms with Crippen LogP contribution in [0.2, 0.25) is 5.02 Å². The standard InChI is InChI=1S/C27H27ClN4O2S/c1-31(17-19-6-3-2-4-7-19)15-5-14-29-25(33)21-10-13-23-24(16-21)30-27(35)32(26(23)34)18-20-8-11-22(28)12-9-20/h2-4,6-13,16H,5,14-15,17-18H2,1H3,(H,29,33)(H,30,35). The molecule has 0 unspecified atom stereocenters. The van der Waals surface area contributed by atoms with Gasteiger partial charge in [-0.15, -0.1) is 0 Å². The Hall–Kier alpha value is -3.26. The van der Waals surface area contributed by atoms with E-state index in [2.05, 4.69) is 34.4 Å². The van der Waals surface area contributed by atoms with Gasteiger partial charge in [0.05, 0.1) is 17.4 Å². The number of carbonyl (C=O) groups excluding carboxylic acids is 1. The highest BCUT2D eigenvalue weighted by Gasteiger charge is 2.11. The van der Waals surface area contributed by atoms with Crippen molar-refractivity contribution in [2.24, 2.45) is 0 Å². The molecule has 0 spiro atoms. The molecule has 35 heavy (non-hydrogen) atoms. The van der Waals surface area contributed by atoms with Crippen molar-refractivity contribution in [2.45, 2.75) is 19.5 Å². The number of aromatic nitrogens is 2. The summed E-state index contributed by atoms with van der Waals surface area (Å²) in [5.41, 5.74) is 3.01. The number of rotatable bonds is 9. The SMILES string of the molecule is CN(CCCNC(=O)c1ccc2c(=O)n(Cc3ccc(Cl)cc3)c(=S)[nH]c2c1)Cc1ccccc1. The van der Waals surface area contributed by atoms with Gasteiger partial charge in [0.15, 0.2) is 4.77 Å². The first kappa shape index (κ1) is 24.9. The van der Waals surface area contributed by atoms with Crippen molar-refractivity contribution in [3.63, 3.8) is 0 Å². The van der Waals surface area contributed by atoms with E-state index in [0.717, 1.165) is 25.1 Å². The monoisotopic (exact) mass is 506 g/mol. The Morgan fingerprint density at radius 2 is 1.80 bits per heavy atom. The Morgan fingerprint density at radius 3 is 2.54 bits per heavy atom. The molecule has 8 heteroatoms. The van der Waals surface area contributed by atoms with Gasteiger partial charge in [-0.1, -0.05) is 54.1 Å². The molecule has 1 aromatic heterocycles. The minimum atomic E-state index is -0.202. The van der Waals surface area contributed by atoms with E-state index in [4.69, 9.17) is 23.8 Å². The molecule has 0 saturated heterocycles. The number of fused-ring (bicyclic) bond motifs is 1. The molecule has 0 bridgehead atoms. The average Bonchev–Trinajstić information content (AvgIpc) is 2.85. The third-order valence-electron chi connectivity index (χ3n) is 5.80. The second-order valence-corrected chi connectivity index (χ2v) is 9.36. The van der Waals surface area contributed by atoms with Gasteiger partial charge in [-0.2, -0.15) is 0 Å². The Morgan fingerprint density at radius 1 is 1.06 bits per heavy atom. The summed E-state index contributed by atoms with van der Waals surface area (Å²) >= 11 is 11.4. The van der Waals surface area contributed by atoms with Crippen molar-refractivity contribution in [3.05, 3.63) is 110 Å². The van der Waals surface area contributed by atoms with Crippen LogP contribution in [0.15, 0.2) is 77.6 Å². The second-order valence-electron chi connectivity index (χ2n) is 8.54. The fraction of sp³-hybridized carbons (Fsp3) is 0.222. The van der Waals surface area contributed by atoms with Gasteiger partial charge in [-0.25, -0.2) is 0 Å². The maximum absolute atomic E-state index is 13.1. The first-order chi connectivity index (χ1) is 16.9. The van der Waals surface area contributed by atoms with Crippen LogP contribution in [0, 0.1) is 4.77 Å². The van der Waals surface area contributed by atoms with Gasteiger partial charge in [-0.3, -0.25) is 14.2 Å². The van der Waals surface area contributed by atoms with E-state index < -0.39 is 0 Å². The van der Waals surface area contributed by atoms with Gasteiger partial charge in [0.25, 0.3) is 11.5 Å². The summed E-state index contributed by atoms with van der Waals surface area (Å²) < 4.78 is 1.81. The molecule has 0 aliphatic rings. The molecule has 0 radical (unpaired) electrons. The molecule has 0 atom stereocenters. The number of H-pyrrole nitrogens is 1. The first-order valence-electron chi connectivity index (χ1n) is 11.4. The van der Waals surface area contributed by atoms with Crippen LogP contribution in [0.5, 0.6) is 0 Å². The summed E-state index contributed by atoms with van der Waals surface area (Å²) in [6.07, 6.45) is 0.834. The molecule has 0 aliphatic carbocycles. The van der Waals surface area contributed by atoms with Gasteiger partial charge in [0.2, 0.25) is 0 Å². The minimum Gasteiger partial charge on any atom is -0.352 e. The van der Waals surface area contributed by atoms with E-state index >= 15 is 0 Å².